The van der Waals surface area contributed by atoms with Crippen molar-refractivity contribution in [2.45, 2.75) is 0 Å². The van der Waals surface area contributed by atoms with E-state index in [1.54, 1.807) is 13.2 Å². The Hall–Kier alpha value is -1.73. The highest BCUT2D eigenvalue weighted by Crippen LogP contribution is 2.37. The van der Waals surface area contributed by atoms with Gasteiger partial charge in [-0.2, -0.15) is 5.26 Å². The van der Waals surface area contributed by atoms with Crippen LogP contribution in [0.1, 0.15) is 5.56 Å². The monoisotopic (exact) mass is 204 g/mol. The minimum absolute atomic E-state index is 0.569. The lowest BCUT2D eigenvalue weighted by Gasteiger charge is -1.93. The van der Waals surface area contributed by atoms with Crippen LogP contribution < -0.4 is 10.5 Å². The maximum Gasteiger partial charge on any atom is 0.192 e. The molecule has 1 heterocycles. The summed E-state index contributed by atoms with van der Waals surface area (Å²) in [4.78, 5) is 0. The number of ether oxygens (including phenoxy) is 1. The second kappa shape index (κ2) is 3.20. The van der Waals surface area contributed by atoms with Crippen molar-refractivity contribution in [2.75, 3.05) is 12.8 Å². The van der Waals surface area contributed by atoms with E-state index >= 15 is 0 Å². The Bertz CT molecular complexity index is 525. The number of thiophene rings is 1. The smallest absolute Gasteiger partial charge is 0.192 e. The van der Waals surface area contributed by atoms with Crippen molar-refractivity contribution in [1.29, 1.82) is 5.26 Å². The van der Waals surface area contributed by atoms with Crippen LogP contribution in [0.25, 0.3) is 10.1 Å². The molecule has 4 heteroatoms. The Morgan fingerprint density at radius 2 is 2.29 bits per heavy atom. The Morgan fingerprint density at radius 3 is 2.93 bits per heavy atom. The molecule has 1 aromatic carbocycles. The van der Waals surface area contributed by atoms with Gasteiger partial charge in [0.05, 0.1) is 7.11 Å². The lowest BCUT2D eigenvalue weighted by atomic mass is 10.2. The van der Waals surface area contributed by atoms with Crippen molar-refractivity contribution in [1.82, 2.24) is 0 Å². The van der Waals surface area contributed by atoms with Crippen molar-refractivity contribution in [3.63, 3.8) is 0 Å². The molecule has 0 radical (unpaired) electrons. The lowest BCUT2D eigenvalue weighted by molar-refractivity contribution is 0.426. The van der Waals surface area contributed by atoms with Crippen LogP contribution >= 0.6 is 11.3 Å². The number of hydrogen-bond donors (Lipinski definition) is 1. The fraction of sp³-hybridized carbons (Fsp3) is 0.100. The first-order chi connectivity index (χ1) is 6.76. The fourth-order valence-electron chi connectivity index (χ4n) is 1.34. The summed E-state index contributed by atoms with van der Waals surface area (Å²) in [5, 5.41) is 10.5. The van der Waals surface area contributed by atoms with Gasteiger partial charge < -0.3 is 10.5 Å². The maximum absolute atomic E-state index is 8.96. The molecule has 3 nitrogen and oxygen atoms in total. The van der Waals surface area contributed by atoms with Crippen LogP contribution in [0.5, 0.6) is 5.06 Å². The quantitative estimate of drug-likeness (QED) is 0.725. The van der Waals surface area contributed by atoms with Crippen LogP contribution in [-0.2, 0) is 0 Å². The number of benzene rings is 1. The van der Waals surface area contributed by atoms with E-state index in [1.807, 2.05) is 12.1 Å². The van der Waals surface area contributed by atoms with Gasteiger partial charge in [-0.05, 0) is 18.2 Å². The van der Waals surface area contributed by atoms with E-state index in [4.69, 9.17) is 15.7 Å². The molecular weight excluding hydrogens is 196 g/mol. The average molecular weight is 204 g/mol. The summed E-state index contributed by atoms with van der Waals surface area (Å²) in [5.41, 5.74) is 6.88. The van der Waals surface area contributed by atoms with E-state index in [0.29, 0.717) is 16.3 Å². The molecule has 70 valence electrons. The molecule has 0 bridgehead atoms. The van der Waals surface area contributed by atoms with Crippen LogP contribution in [0, 0.1) is 11.3 Å². The number of nitriles is 1. The van der Waals surface area contributed by atoms with Gasteiger partial charge in [0.1, 0.15) is 11.6 Å². The molecule has 0 saturated carbocycles. The highest BCUT2D eigenvalue weighted by Gasteiger charge is 2.11. The number of rotatable bonds is 1. The zero-order chi connectivity index (χ0) is 10.1. The lowest BCUT2D eigenvalue weighted by Crippen LogP contribution is -1.84. The molecule has 0 saturated heterocycles. The van der Waals surface area contributed by atoms with E-state index < -0.39 is 0 Å². The van der Waals surface area contributed by atoms with Crippen LogP contribution in [0.15, 0.2) is 18.2 Å². The molecule has 1 aromatic heterocycles. The molecule has 0 aliphatic rings. The highest BCUT2D eigenvalue weighted by molar-refractivity contribution is 7.21. The van der Waals surface area contributed by atoms with Gasteiger partial charge in [0.2, 0.25) is 0 Å². The van der Waals surface area contributed by atoms with Gasteiger partial charge in [0, 0.05) is 15.8 Å². The summed E-state index contributed by atoms with van der Waals surface area (Å²) >= 11 is 1.46. The zero-order valence-corrected chi connectivity index (χ0v) is 8.39. The second-order valence-corrected chi connectivity index (χ2v) is 3.85. The van der Waals surface area contributed by atoms with Gasteiger partial charge in [0.15, 0.2) is 5.06 Å². The van der Waals surface area contributed by atoms with Crippen LogP contribution in [0.2, 0.25) is 0 Å². The minimum Gasteiger partial charge on any atom is -0.486 e. The number of nitrogen functional groups attached to an aromatic ring is 1. The third-order valence-corrected chi connectivity index (χ3v) is 3.11. The van der Waals surface area contributed by atoms with Gasteiger partial charge in [-0.1, -0.05) is 11.3 Å². The molecule has 2 N–H and O–H groups in total. The largest absolute Gasteiger partial charge is 0.486 e. The number of anilines is 1. The Balaban J connectivity index is 2.83. The van der Waals surface area contributed by atoms with Gasteiger partial charge in [0.25, 0.3) is 0 Å². The third-order valence-electron chi connectivity index (χ3n) is 1.98. The molecule has 0 aliphatic carbocycles. The van der Waals surface area contributed by atoms with Crippen molar-refractivity contribution < 1.29 is 4.74 Å². The summed E-state index contributed by atoms with van der Waals surface area (Å²) < 4.78 is 6.14. The SMILES string of the molecule is COc1sc2ccc(N)cc2c1C#N. The molecule has 0 spiro atoms. The van der Waals surface area contributed by atoms with Crippen LogP contribution in [0.4, 0.5) is 5.69 Å². The number of nitrogens with two attached hydrogens (primary N) is 1. The van der Waals surface area contributed by atoms with Crippen molar-refractivity contribution in [3.8, 4) is 11.1 Å². The predicted molar refractivity (Wildman–Crippen MR) is 57.5 cm³/mol. The van der Waals surface area contributed by atoms with Gasteiger partial charge in [-0.25, -0.2) is 0 Å². The second-order valence-electron chi connectivity index (χ2n) is 2.84. The molecule has 2 aromatic rings. The molecule has 0 amide bonds. The van der Waals surface area contributed by atoms with Gasteiger partial charge in [-0.3, -0.25) is 0 Å². The van der Waals surface area contributed by atoms with Gasteiger partial charge in [-0.15, -0.1) is 0 Å². The van der Waals surface area contributed by atoms with Crippen molar-refractivity contribution in [2.24, 2.45) is 0 Å². The zero-order valence-electron chi connectivity index (χ0n) is 7.57. The molecule has 0 fully saturated rings. The van der Waals surface area contributed by atoms with Crippen molar-refractivity contribution in [3.05, 3.63) is 23.8 Å². The standard InChI is InChI=1S/C10H8N2OS/c1-13-10-8(5-11)7-4-6(12)2-3-9(7)14-10/h2-4H,12H2,1H3. The molecular formula is C10H8N2OS. The maximum atomic E-state index is 8.96. The van der Waals surface area contributed by atoms with E-state index in [9.17, 15) is 0 Å². The first-order valence-electron chi connectivity index (χ1n) is 4.02. The first-order valence-corrected chi connectivity index (χ1v) is 4.84. The van der Waals surface area contributed by atoms with E-state index in [2.05, 4.69) is 6.07 Å². The highest BCUT2D eigenvalue weighted by atomic mass is 32.1. The summed E-state index contributed by atoms with van der Waals surface area (Å²) in [7, 11) is 1.56. The topological polar surface area (TPSA) is 59.0 Å². The fourth-order valence-corrected chi connectivity index (χ4v) is 2.29. The number of fused-ring (bicyclic) bond motifs is 1. The third kappa shape index (κ3) is 1.19. The van der Waals surface area contributed by atoms with Crippen LogP contribution in [-0.4, -0.2) is 7.11 Å². The molecule has 0 atom stereocenters. The summed E-state index contributed by atoms with van der Waals surface area (Å²) in [6.07, 6.45) is 0. The molecule has 0 unspecified atom stereocenters. The Labute approximate surface area is 85.3 Å². The van der Waals surface area contributed by atoms with E-state index in [0.717, 1.165) is 10.1 Å². The van der Waals surface area contributed by atoms with E-state index in [1.165, 1.54) is 11.3 Å². The minimum atomic E-state index is 0.569. The summed E-state index contributed by atoms with van der Waals surface area (Å²) in [5.74, 6) is 0. The average Bonchev–Trinajstić information content (AvgIpc) is 2.54. The van der Waals surface area contributed by atoms with Crippen molar-refractivity contribution >= 4 is 27.1 Å². The molecule has 2 rings (SSSR count). The van der Waals surface area contributed by atoms with E-state index in [-0.39, 0.29) is 0 Å². The number of methoxy groups -OCH3 is 1. The number of hydrogen-bond acceptors (Lipinski definition) is 4. The predicted octanol–water partition coefficient (Wildman–Crippen LogP) is 2.36. The molecule has 0 aliphatic heterocycles. The van der Waals surface area contributed by atoms with Crippen LogP contribution in [0.3, 0.4) is 0 Å². The summed E-state index contributed by atoms with van der Waals surface area (Å²) in [6.45, 7) is 0. The molecule has 14 heavy (non-hydrogen) atoms. The normalized spacial score (nSPS) is 10.0. The Morgan fingerprint density at radius 1 is 1.50 bits per heavy atom. The number of nitrogens with zero attached hydrogens (tertiary/aromatic N) is 1. The first kappa shape index (κ1) is 8.85. The Kier molecular flexibility index (Phi) is 2.02. The summed E-state index contributed by atoms with van der Waals surface area (Å²) in [6, 6.07) is 7.65. The van der Waals surface area contributed by atoms with Gasteiger partial charge >= 0.3 is 0 Å².